The van der Waals surface area contributed by atoms with Crippen LogP contribution in [-0.4, -0.2) is 33.7 Å². The molecule has 4 rings (SSSR count). The number of benzene rings is 1. The molecule has 146 valence electrons. The maximum Gasteiger partial charge on any atom is 0.433 e. The number of thiazole rings is 1. The lowest BCUT2D eigenvalue weighted by Gasteiger charge is -2.10. The van der Waals surface area contributed by atoms with Crippen molar-refractivity contribution in [2.75, 3.05) is 5.75 Å². The monoisotopic (exact) mass is 426 g/mol. The number of pyridine rings is 1. The van der Waals surface area contributed by atoms with Gasteiger partial charge in [-0.05, 0) is 18.2 Å². The second-order valence-electron chi connectivity index (χ2n) is 6.12. The van der Waals surface area contributed by atoms with E-state index in [0.29, 0.717) is 16.6 Å². The third-order valence-corrected chi connectivity index (χ3v) is 7.01. The molecule has 6 nitrogen and oxygen atoms in total. The van der Waals surface area contributed by atoms with Crippen molar-refractivity contribution in [2.45, 2.75) is 18.0 Å². The van der Waals surface area contributed by atoms with Gasteiger partial charge in [0.15, 0.2) is 9.84 Å². The van der Waals surface area contributed by atoms with Crippen molar-refractivity contribution in [3.8, 4) is 11.4 Å². The first kappa shape index (κ1) is 18.8. The smallest absolute Gasteiger partial charge is 0.326 e. The number of hydrogen-bond donors (Lipinski definition) is 0. The van der Waals surface area contributed by atoms with Crippen molar-refractivity contribution < 1.29 is 21.6 Å². The molecule has 0 radical (unpaired) electrons. The third-order valence-electron chi connectivity index (χ3n) is 4.45. The topological polar surface area (TPSA) is 77.7 Å². The van der Waals surface area contributed by atoms with Crippen molar-refractivity contribution in [2.24, 2.45) is 7.05 Å². The quantitative estimate of drug-likeness (QED) is 0.494. The van der Waals surface area contributed by atoms with Gasteiger partial charge >= 0.3 is 6.18 Å². The number of aromatic nitrogens is 4. The largest absolute Gasteiger partial charge is 0.433 e. The molecule has 11 heteroatoms. The molecule has 0 spiro atoms. The Morgan fingerprint density at radius 3 is 2.57 bits per heavy atom. The highest BCUT2D eigenvalue weighted by molar-refractivity contribution is 7.91. The van der Waals surface area contributed by atoms with Gasteiger partial charge in [-0.25, -0.2) is 23.4 Å². The van der Waals surface area contributed by atoms with E-state index >= 15 is 0 Å². The Kier molecular flexibility index (Phi) is 4.19. The standard InChI is InChI=1S/C17H13F3N4O2S2/c1-3-28(25,26)14-5-11-13(27-8-22-11)4-9(14)16-23-10-6-15(17(18,19)20)21-7-12(10)24(16)2/h4-8H,3H2,1-2H3. The van der Waals surface area contributed by atoms with Crippen LogP contribution >= 0.6 is 11.3 Å². The third kappa shape index (κ3) is 2.94. The van der Waals surface area contributed by atoms with Gasteiger partial charge in [-0.3, -0.25) is 0 Å². The second-order valence-corrected chi connectivity index (χ2v) is 9.26. The highest BCUT2D eigenvalue weighted by Gasteiger charge is 2.33. The molecule has 4 aromatic rings. The van der Waals surface area contributed by atoms with E-state index in [0.717, 1.165) is 17.0 Å². The lowest BCUT2D eigenvalue weighted by atomic mass is 10.2. The van der Waals surface area contributed by atoms with E-state index < -0.39 is 21.7 Å². The van der Waals surface area contributed by atoms with E-state index in [1.165, 1.54) is 24.3 Å². The van der Waals surface area contributed by atoms with Crippen LogP contribution in [0.25, 0.3) is 32.6 Å². The minimum atomic E-state index is -4.59. The summed E-state index contributed by atoms with van der Waals surface area (Å²) in [5, 5.41) is 0. The van der Waals surface area contributed by atoms with Crippen LogP contribution in [0, 0.1) is 0 Å². The number of hydrogen-bond acceptors (Lipinski definition) is 6. The van der Waals surface area contributed by atoms with E-state index in [1.54, 1.807) is 23.2 Å². The number of alkyl halides is 3. The summed E-state index contributed by atoms with van der Waals surface area (Å²) in [7, 11) is -2.01. The van der Waals surface area contributed by atoms with E-state index in [-0.39, 0.29) is 22.0 Å². The number of sulfone groups is 1. The highest BCUT2D eigenvalue weighted by atomic mass is 32.2. The van der Waals surface area contributed by atoms with Crippen LogP contribution in [0.5, 0.6) is 0 Å². The molecule has 0 N–H and O–H groups in total. The number of halogens is 3. The predicted octanol–water partition coefficient (Wildman–Crippen LogP) is 4.06. The Morgan fingerprint density at radius 2 is 1.89 bits per heavy atom. The molecule has 0 bridgehead atoms. The van der Waals surface area contributed by atoms with Crippen molar-refractivity contribution in [1.29, 1.82) is 0 Å². The Hall–Kier alpha value is -2.53. The summed E-state index contributed by atoms with van der Waals surface area (Å²) in [6.07, 6.45) is -3.50. The number of imidazole rings is 1. The molecule has 0 atom stereocenters. The summed E-state index contributed by atoms with van der Waals surface area (Å²) in [5.41, 5.74) is 1.87. The van der Waals surface area contributed by atoms with E-state index in [4.69, 9.17) is 0 Å². The van der Waals surface area contributed by atoms with Crippen LogP contribution in [0.15, 0.2) is 34.8 Å². The van der Waals surface area contributed by atoms with Gasteiger partial charge in [0, 0.05) is 12.6 Å². The molecule has 0 saturated carbocycles. The maximum atomic E-state index is 13.0. The van der Waals surface area contributed by atoms with Crippen LogP contribution in [0.4, 0.5) is 13.2 Å². The van der Waals surface area contributed by atoms with Gasteiger partial charge in [0.1, 0.15) is 11.5 Å². The first-order valence-electron chi connectivity index (χ1n) is 8.12. The van der Waals surface area contributed by atoms with Crippen molar-refractivity contribution >= 4 is 42.4 Å². The molecular weight excluding hydrogens is 413 g/mol. The number of nitrogens with zero attached hydrogens (tertiary/aromatic N) is 4. The highest BCUT2D eigenvalue weighted by Crippen LogP contribution is 2.35. The summed E-state index contributed by atoms with van der Waals surface area (Å²) >= 11 is 1.34. The van der Waals surface area contributed by atoms with Gasteiger partial charge in [0.05, 0.1) is 43.6 Å². The average molecular weight is 426 g/mol. The number of fused-ring (bicyclic) bond motifs is 2. The fraction of sp³-hybridized carbons (Fsp3) is 0.235. The molecule has 0 amide bonds. The summed E-state index contributed by atoms with van der Waals surface area (Å²) in [5.74, 6) is 0.123. The van der Waals surface area contributed by atoms with Gasteiger partial charge in [-0.1, -0.05) is 6.92 Å². The Balaban J connectivity index is 2.03. The van der Waals surface area contributed by atoms with Crippen LogP contribution in [0.2, 0.25) is 0 Å². The predicted molar refractivity (Wildman–Crippen MR) is 99.9 cm³/mol. The van der Waals surface area contributed by atoms with Crippen LogP contribution in [0.1, 0.15) is 12.6 Å². The molecule has 0 aliphatic rings. The Bertz CT molecular complexity index is 1320. The summed E-state index contributed by atoms with van der Waals surface area (Å²) in [4.78, 5) is 12.0. The normalized spacial score (nSPS) is 12.9. The molecule has 3 heterocycles. The van der Waals surface area contributed by atoms with Gasteiger partial charge < -0.3 is 4.57 Å². The van der Waals surface area contributed by atoms with Gasteiger partial charge in [0.25, 0.3) is 0 Å². The molecule has 3 aromatic heterocycles. The Labute approximate surface area is 161 Å². The van der Waals surface area contributed by atoms with Gasteiger partial charge in [0.2, 0.25) is 0 Å². The molecule has 0 unspecified atom stereocenters. The minimum absolute atomic E-state index is 0.0517. The first-order chi connectivity index (χ1) is 13.1. The number of rotatable bonds is 3. The molecular formula is C17H13F3N4O2S2. The lowest BCUT2D eigenvalue weighted by Crippen LogP contribution is -2.07. The summed E-state index contributed by atoms with van der Waals surface area (Å²) < 4.78 is 66.5. The SMILES string of the molecule is CCS(=O)(=O)c1cc2ncsc2cc1-c1nc2cc(C(F)(F)F)ncc2n1C. The van der Waals surface area contributed by atoms with Gasteiger partial charge in [-0.2, -0.15) is 13.2 Å². The van der Waals surface area contributed by atoms with E-state index in [2.05, 4.69) is 15.0 Å². The van der Waals surface area contributed by atoms with Crippen molar-refractivity contribution in [1.82, 2.24) is 19.5 Å². The minimum Gasteiger partial charge on any atom is -0.326 e. The fourth-order valence-corrected chi connectivity index (χ4v) is 4.74. The van der Waals surface area contributed by atoms with Crippen LogP contribution < -0.4 is 0 Å². The number of aryl methyl sites for hydroxylation is 1. The zero-order chi connectivity index (χ0) is 20.3. The van der Waals surface area contributed by atoms with Crippen LogP contribution in [-0.2, 0) is 23.1 Å². The second kappa shape index (κ2) is 6.24. The molecule has 0 aliphatic heterocycles. The molecule has 28 heavy (non-hydrogen) atoms. The average Bonchev–Trinajstić information content (AvgIpc) is 3.23. The van der Waals surface area contributed by atoms with Crippen molar-refractivity contribution in [3.05, 3.63) is 35.6 Å². The fourth-order valence-electron chi connectivity index (χ4n) is 2.96. The molecule has 1 aromatic carbocycles. The van der Waals surface area contributed by atoms with E-state index in [9.17, 15) is 21.6 Å². The van der Waals surface area contributed by atoms with Crippen LogP contribution in [0.3, 0.4) is 0 Å². The molecule has 0 aliphatic carbocycles. The first-order valence-corrected chi connectivity index (χ1v) is 10.6. The lowest BCUT2D eigenvalue weighted by molar-refractivity contribution is -0.141. The zero-order valence-corrected chi connectivity index (χ0v) is 16.3. The van der Waals surface area contributed by atoms with Crippen molar-refractivity contribution in [3.63, 3.8) is 0 Å². The molecule has 0 saturated heterocycles. The van der Waals surface area contributed by atoms with E-state index in [1.807, 2.05) is 0 Å². The summed E-state index contributed by atoms with van der Waals surface area (Å²) in [6, 6.07) is 4.01. The zero-order valence-electron chi connectivity index (χ0n) is 14.6. The van der Waals surface area contributed by atoms with Gasteiger partial charge in [-0.15, -0.1) is 11.3 Å². The Morgan fingerprint density at radius 1 is 1.14 bits per heavy atom. The molecule has 0 fully saturated rings. The maximum absolute atomic E-state index is 13.0. The summed E-state index contributed by atoms with van der Waals surface area (Å²) in [6.45, 7) is 1.53.